The molecule has 0 aliphatic carbocycles. The minimum atomic E-state index is 0.598. The fourth-order valence-electron chi connectivity index (χ4n) is 2.44. The summed E-state index contributed by atoms with van der Waals surface area (Å²) in [5, 5.41) is 6.96. The zero-order chi connectivity index (χ0) is 12.3. The Labute approximate surface area is 104 Å². The maximum Gasteiger partial charge on any atom is 0.123 e. The number of methoxy groups -OCH3 is 1. The molecule has 1 aliphatic heterocycles. The third-order valence-electron chi connectivity index (χ3n) is 3.42. The van der Waals surface area contributed by atoms with Crippen LogP contribution in [0, 0.1) is 13.8 Å². The van der Waals surface area contributed by atoms with Gasteiger partial charge >= 0.3 is 0 Å². The van der Waals surface area contributed by atoms with Crippen molar-refractivity contribution in [3.63, 3.8) is 0 Å². The van der Waals surface area contributed by atoms with Crippen molar-refractivity contribution in [3.8, 4) is 5.75 Å². The number of nitrogens with one attached hydrogen (secondary N) is 2. The van der Waals surface area contributed by atoms with Crippen molar-refractivity contribution in [3.05, 3.63) is 28.8 Å². The summed E-state index contributed by atoms with van der Waals surface area (Å²) in [5.41, 5.74) is 3.84. The van der Waals surface area contributed by atoms with Crippen LogP contribution in [0.1, 0.15) is 23.1 Å². The van der Waals surface area contributed by atoms with Crippen LogP contribution >= 0.6 is 0 Å². The molecule has 1 saturated heterocycles. The topological polar surface area (TPSA) is 33.3 Å². The monoisotopic (exact) mass is 234 g/mol. The van der Waals surface area contributed by atoms with Gasteiger partial charge in [0.1, 0.15) is 5.75 Å². The Bertz CT molecular complexity index is 384. The molecule has 1 aliphatic rings. The molecule has 17 heavy (non-hydrogen) atoms. The van der Waals surface area contributed by atoms with Gasteiger partial charge < -0.3 is 15.4 Å². The normalized spacial score (nSPS) is 19.6. The maximum absolute atomic E-state index is 5.47. The molecule has 1 aromatic rings. The molecule has 3 nitrogen and oxygen atoms in total. The number of benzene rings is 1. The second-order valence-electron chi connectivity index (χ2n) is 4.83. The highest BCUT2D eigenvalue weighted by molar-refractivity contribution is 5.43. The Balaban J connectivity index is 2.08. The van der Waals surface area contributed by atoms with E-state index in [1.165, 1.54) is 23.1 Å². The molecule has 2 rings (SSSR count). The van der Waals surface area contributed by atoms with Crippen LogP contribution in [0.15, 0.2) is 12.1 Å². The second kappa shape index (κ2) is 5.52. The molecule has 0 bridgehead atoms. The molecule has 0 amide bonds. The van der Waals surface area contributed by atoms with Gasteiger partial charge in [0, 0.05) is 24.7 Å². The lowest BCUT2D eigenvalue weighted by Gasteiger charge is -2.16. The van der Waals surface area contributed by atoms with Crippen LogP contribution in [0.2, 0.25) is 0 Å². The Morgan fingerprint density at radius 2 is 2.24 bits per heavy atom. The van der Waals surface area contributed by atoms with Crippen molar-refractivity contribution in [2.24, 2.45) is 0 Å². The second-order valence-corrected chi connectivity index (χ2v) is 4.83. The number of hydrogen-bond donors (Lipinski definition) is 2. The van der Waals surface area contributed by atoms with Crippen molar-refractivity contribution in [2.45, 2.75) is 32.9 Å². The Morgan fingerprint density at radius 3 is 2.88 bits per heavy atom. The summed E-state index contributed by atoms with van der Waals surface area (Å²) in [5.74, 6) is 1.00. The molecule has 0 aromatic heterocycles. The lowest BCUT2D eigenvalue weighted by atomic mass is 10.0. The molecule has 0 spiro atoms. The predicted octanol–water partition coefficient (Wildman–Crippen LogP) is 1.76. The van der Waals surface area contributed by atoms with Crippen molar-refractivity contribution in [1.29, 1.82) is 0 Å². The molecule has 1 heterocycles. The zero-order valence-electron chi connectivity index (χ0n) is 11.0. The quantitative estimate of drug-likeness (QED) is 0.833. The molecule has 1 atom stereocenters. The first-order valence-electron chi connectivity index (χ1n) is 6.29. The maximum atomic E-state index is 5.47. The van der Waals surface area contributed by atoms with Gasteiger partial charge in [-0.1, -0.05) is 6.07 Å². The third-order valence-corrected chi connectivity index (χ3v) is 3.42. The highest BCUT2D eigenvalue weighted by Gasteiger charge is 2.15. The summed E-state index contributed by atoms with van der Waals surface area (Å²) >= 11 is 0. The summed E-state index contributed by atoms with van der Waals surface area (Å²) < 4.78 is 5.47. The smallest absolute Gasteiger partial charge is 0.123 e. The van der Waals surface area contributed by atoms with Gasteiger partial charge in [-0.15, -0.1) is 0 Å². The SMILES string of the molecule is COc1cc(C)cc(C)c1CNC1CCNC1. The molecule has 2 N–H and O–H groups in total. The van der Waals surface area contributed by atoms with Gasteiger partial charge in [-0.3, -0.25) is 0 Å². The van der Waals surface area contributed by atoms with Crippen LogP contribution in [0.3, 0.4) is 0 Å². The number of rotatable bonds is 4. The van der Waals surface area contributed by atoms with Gasteiger partial charge in [0.05, 0.1) is 7.11 Å². The number of hydrogen-bond acceptors (Lipinski definition) is 3. The number of aryl methyl sites for hydroxylation is 2. The Hall–Kier alpha value is -1.06. The van der Waals surface area contributed by atoms with Crippen LogP contribution in [0.25, 0.3) is 0 Å². The molecular formula is C14H22N2O. The minimum Gasteiger partial charge on any atom is -0.496 e. The van der Waals surface area contributed by atoms with Gasteiger partial charge in [-0.2, -0.15) is 0 Å². The fraction of sp³-hybridized carbons (Fsp3) is 0.571. The molecule has 0 saturated carbocycles. The summed E-state index contributed by atoms with van der Waals surface area (Å²) in [7, 11) is 1.74. The van der Waals surface area contributed by atoms with E-state index < -0.39 is 0 Å². The van der Waals surface area contributed by atoms with E-state index in [9.17, 15) is 0 Å². The standard InChI is InChI=1S/C14H22N2O/c1-10-6-11(2)13(14(7-10)17-3)9-16-12-4-5-15-8-12/h6-7,12,15-16H,4-5,8-9H2,1-3H3. The summed E-state index contributed by atoms with van der Waals surface area (Å²) in [6, 6.07) is 4.92. The Kier molecular flexibility index (Phi) is 4.02. The third kappa shape index (κ3) is 2.99. The number of ether oxygens (including phenoxy) is 1. The Morgan fingerprint density at radius 1 is 1.41 bits per heavy atom. The van der Waals surface area contributed by atoms with E-state index in [4.69, 9.17) is 4.74 Å². The van der Waals surface area contributed by atoms with Crippen LogP contribution < -0.4 is 15.4 Å². The largest absolute Gasteiger partial charge is 0.496 e. The van der Waals surface area contributed by atoms with E-state index in [-0.39, 0.29) is 0 Å². The molecule has 0 radical (unpaired) electrons. The summed E-state index contributed by atoms with van der Waals surface area (Å²) in [6.07, 6.45) is 1.22. The van der Waals surface area contributed by atoms with E-state index in [1.807, 2.05) is 0 Å². The van der Waals surface area contributed by atoms with Gasteiger partial charge in [-0.25, -0.2) is 0 Å². The highest BCUT2D eigenvalue weighted by Crippen LogP contribution is 2.24. The molecule has 94 valence electrons. The van der Waals surface area contributed by atoms with Gasteiger partial charge in [0.25, 0.3) is 0 Å². The molecule has 1 unspecified atom stereocenters. The average Bonchev–Trinajstić information content (AvgIpc) is 2.79. The lowest BCUT2D eigenvalue weighted by molar-refractivity contribution is 0.404. The van der Waals surface area contributed by atoms with Crippen LogP contribution in [-0.2, 0) is 6.54 Å². The minimum absolute atomic E-state index is 0.598. The van der Waals surface area contributed by atoms with E-state index in [2.05, 4.69) is 36.6 Å². The average molecular weight is 234 g/mol. The lowest BCUT2D eigenvalue weighted by Crippen LogP contribution is -2.30. The molecule has 1 aromatic carbocycles. The van der Waals surface area contributed by atoms with Crippen LogP contribution in [0.4, 0.5) is 0 Å². The first-order valence-corrected chi connectivity index (χ1v) is 6.29. The molecule has 3 heteroatoms. The van der Waals surface area contributed by atoms with Crippen molar-refractivity contribution < 1.29 is 4.74 Å². The highest BCUT2D eigenvalue weighted by atomic mass is 16.5. The van der Waals surface area contributed by atoms with E-state index in [0.717, 1.165) is 25.4 Å². The first kappa shape index (κ1) is 12.4. The van der Waals surface area contributed by atoms with Gasteiger partial charge in [0.15, 0.2) is 0 Å². The van der Waals surface area contributed by atoms with Crippen molar-refractivity contribution in [2.75, 3.05) is 20.2 Å². The fourth-order valence-corrected chi connectivity index (χ4v) is 2.44. The van der Waals surface area contributed by atoms with E-state index in [1.54, 1.807) is 7.11 Å². The molecular weight excluding hydrogens is 212 g/mol. The van der Waals surface area contributed by atoms with Crippen molar-refractivity contribution >= 4 is 0 Å². The predicted molar refractivity (Wildman–Crippen MR) is 70.6 cm³/mol. The van der Waals surface area contributed by atoms with E-state index in [0.29, 0.717) is 6.04 Å². The van der Waals surface area contributed by atoms with Gasteiger partial charge in [0.2, 0.25) is 0 Å². The zero-order valence-corrected chi connectivity index (χ0v) is 11.0. The first-order chi connectivity index (χ1) is 8.20. The van der Waals surface area contributed by atoms with E-state index >= 15 is 0 Å². The van der Waals surface area contributed by atoms with Crippen LogP contribution in [-0.4, -0.2) is 26.2 Å². The summed E-state index contributed by atoms with van der Waals surface area (Å²) in [4.78, 5) is 0. The van der Waals surface area contributed by atoms with Crippen LogP contribution in [0.5, 0.6) is 5.75 Å². The van der Waals surface area contributed by atoms with Crippen molar-refractivity contribution in [1.82, 2.24) is 10.6 Å². The molecule has 1 fully saturated rings. The summed E-state index contributed by atoms with van der Waals surface area (Å²) in [6.45, 7) is 7.35. The van der Waals surface area contributed by atoms with Gasteiger partial charge in [-0.05, 0) is 44.0 Å².